The normalized spacial score (nSPS) is 15.4. The average molecular weight is 312 g/mol. The first-order valence-corrected chi connectivity index (χ1v) is 7.67. The Morgan fingerprint density at radius 2 is 1.96 bits per heavy atom. The maximum Gasteiger partial charge on any atom is 0.272 e. The van der Waals surface area contributed by atoms with Crippen LogP contribution in [0, 0.1) is 0 Å². The molecule has 7 nitrogen and oxygen atoms in total. The summed E-state index contributed by atoms with van der Waals surface area (Å²) in [6.07, 6.45) is 3.35. The summed E-state index contributed by atoms with van der Waals surface area (Å²) in [5.41, 5.74) is 1.32. The number of anilines is 1. The van der Waals surface area contributed by atoms with Gasteiger partial charge in [-0.05, 0) is 25.2 Å². The van der Waals surface area contributed by atoms with E-state index >= 15 is 0 Å². The van der Waals surface area contributed by atoms with Crippen LogP contribution >= 0.6 is 0 Å². The summed E-state index contributed by atoms with van der Waals surface area (Å²) in [6.45, 7) is 3.77. The number of nitrogens with one attached hydrogen (secondary N) is 1. The molecule has 1 fully saturated rings. The van der Waals surface area contributed by atoms with Gasteiger partial charge in [0.2, 0.25) is 5.95 Å². The maximum atomic E-state index is 12.5. The van der Waals surface area contributed by atoms with E-state index in [4.69, 9.17) is 0 Å². The third-order valence-corrected chi connectivity index (χ3v) is 3.82. The Labute approximate surface area is 135 Å². The van der Waals surface area contributed by atoms with Crippen molar-refractivity contribution < 1.29 is 4.79 Å². The van der Waals surface area contributed by atoms with Crippen molar-refractivity contribution in [1.82, 2.24) is 24.8 Å². The van der Waals surface area contributed by atoms with E-state index in [0.717, 1.165) is 31.9 Å². The monoisotopic (exact) mass is 312 g/mol. The van der Waals surface area contributed by atoms with Crippen molar-refractivity contribution in [2.75, 3.05) is 38.5 Å². The van der Waals surface area contributed by atoms with Crippen LogP contribution in [0.25, 0.3) is 0 Å². The minimum atomic E-state index is -0.0404. The summed E-state index contributed by atoms with van der Waals surface area (Å²) in [7, 11) is 2.06. The molecule has 0 bridgehead atoms. The van der Waals surface area contributed by atoms with Crippen molar-refractivity contribution in [3.63, 3.8) is 0 Å². The van der Waals surface area contributed by atoms with Gasteiger partial charge in [-0.15, -0.1) is 0 Å². The average Bonchev–Trinajstić information content (AvgIpc) is 2.61. The lowest BCUT2D eigenvalue weighted by atomic mass is 10.3. The van der Waals surface area contributed by atoms with Gasteiger partial charge in [0.05, 0.1) is 12.2 Å². The first kappa shape index (κ1) is 15.4. The Morgan fingerprint density at radius 3 is 2.70 bits per heavy atom. The molecule has 1 amide bonds. The third-order valence-electron chi connectivity index (χ3n) is 3.82. The van der Waals surface area contributed by atoms with Gasteiger partial charge in [-0.1, -0.05) is 6.07 Å². The Morgan fingerprint density at radius 1 is 1.13 bits per heavy atom. The number of likely N-dealkylation sites (N-methyl/N-ethyl adjacent to an activating group) is 1. The largest absolute Gasteiger partial charge is 0.349 e. The Kier molecular flexibility index (Phi) is 4.77. The number of amides is 1. The fourth-order valence-corrected chi connectivity index (χ4v) is 2.41. The number of hydrogen-bond donors (Lipinski definition) is 1. The van der Waals surface area contributed by atoms with E-state index in [2.05, 4.69) is 32.2 Å². The van der Waals surface area contributed by atoms with Crippen LogP contribution in [-0.2, 0) is 6.54 Å². The lowest BCUT2D eigenvalue weighted by molar-refractivity contribution is 0.0658. The molecular weight excluding hydrogens is 292 g/mol. The Hall–Kier alpha value is -2.54. The molecule has 2 aromatic rings. The van der Waals surface area contributed by atoms with Crippen molar-refractivity contribution in [2.45, 2.75) is 6.54 Å². The van der Waals surface area contributed by atoms with E-state index < -0.39 is 0 Å². The zero-order chi connectivity index (χ0) is 16.1. The third kappa shape index (κ3) is 4.01. The highest BCUT2D eigenvalue weighted by Gasteiger charge is 2.21. The van der Waals surface area contributed by atoms with Gasteiger partial charge < -0.3 is 15.1 Å². The number of piperazine rings is 1. The van der Waals surface area contributed by atoms with Crippen molar-refractivity contribution in [3.8, 4) is 0 Å². The SMILES string of the molecule is CN1CCN(C(=O)c2ccnc(NCc3ccccn3)n2)CC1. The van der Waals surface area contributed by atoms with E-state index in [-0.39, 0.29) is 5.91 Å². The number of aromatic nitrogens is 3. The first-order chi connectivity index (χ1) is 11.2. The van der Waals surface area contributed by atoms with Crippen molar-refractivity contribution in [3.05, 3.63) is 48.0 Å². The van der Waals surface area contributed by atoms with Crippen LogP contribution in [-0.4, -0.2) is 63.9 Å². The molecule has 3 heterocycles. The molecule has 0 aromatic carbocycles. The molecule has 3 rings (SSSR count). The molecule has 1 saturated heterocycles. The molecule has 7 heteroatoms. The quantitative estimate of drug-likeness (QED) is 0.903. The number of rotatable bonds is 4. The number of hydrogen-bond acceptors (Lipinski definition) is 6. The standard InChI is InChI=1S/C16H20N6O/c1-21-8-10-22(11-9-21)15(23)14-5-7-18-16(20-14)19-12-13-4-2-3-6-17-13/h2-7H,8-12H2,1H3,(H,18,19,20). The molecule has 23 heavy (non-hydrogen) atoms. The van der Waals surface area contributed by atoms with Gasteiger partial charge in [-0.25, -0.2) is 9.97 Å². The highest BCUT2D eigenvalue weighted by Crippen LogP contribution is 2.08. The molecule has 1 aliphatic heterocycles. The lowest BCUT2D eigenvalue weighted by Crippen LogP contribution is -2.47. The molecule has 0 radical (unpaired) electrons. The topological polar surface area (TPSA) is 74.2 Å². The van der Waals surface area contributed by atoms with Gasteiger partial charge in [-0.3, -0.25) is 9.78 Å². The lowest BCUT2D eigenvalue weighted by Gasteiger charge is -2.32. The second-order valence-corrected chi connectivity index (χ2v) is 5.54. The summed E-state index contributed by atoms with van der Waals surface area (Å²) >= 11 is 0. The van der Waals surface area contributed by atoms with Crippen LogP contribution in [0.15, 0.2) is 36.7 Å². The highest BCUT2D eigenvalue weighted by molar-refractivity contribution is 5.92. The van der Waals surface area contributed by atoms with Crippen LogP contribution in [0.4, 0.5) is 5.95 Å². The van der Waals surface area contributed by atoms with Gasteiger partial charge in [0.1, 0.15) is 5.69 Å². The second-order valence-electron chi connectivity index (χ2n) is 5.54. The van der Waals surface area contributed by atoms with Gasteiger partial charge >= 0.3 is 0 Å². The smallest absolute Gasteiger partial charge is 0.272 e. The molecular formula is C16H20N6O. The number of carbonyl (C=O) groups is 1. The predicted octanol–water partition coefficient (Wildman–Crippen LogP) is 0.871. The zero-order valence-electron chi connectivity index (χ0n) is 13.1. The molecule has 1 aliphatic rings. The molecule has 1 N–H and O–H groups in total. The fourth-order valence-electron chi connectivity index (χ4n) is 2.41. The molecule has 120 valence electrons. The summed E-state index contributed by atoms with van der Waals surface area (Å²) in [4.78, 5) is 29.3. The van der Waals surface area contributed by atoms with E-state index in [1.54, 1.807) is 18.5 Å². The number of nitrogens with zero attached hydrogens (tertiary/aromatic N) is 5. The molecule has 0 saturated carbocycles. The number of pyridine rings is 1. The van der Waals surface area contributed by atoms with Crippen LogP contribution in [0.2, 0.25) is 0 Å². The molecule has 0 atom stereocenters. The minimum absolute atomic E-state index is 0.0404. The summed E-state index contributed by atoms with van der Waals surface area (Å²) < 4.78 is 0. The van der Waals surface area contributed by atoms with Gasteiger partial charge in [0, 0.05) is 38.6 Å². The van der Waals surface area contributed by atoms with Crippen LogP contribution < -0.4 is 5.32 Å². The van der Waals surface area contributed by atoms with Crippen LogP contribution in [0.3, 0.4) is 0 Å². The summed E-state index contributed by atoms with van der Waals surface area (Å²) in [5.74, 6) is 0.400. The molecule has 0 spiro atoms. The molecule has 0 aliphatic carbocycles. The first-order valence-electron chi connectivity index (χ1n) is 7.67. The van der Waals surface area contributed by atoms with Gasteiger partial charge in [0.25, 0.3) is 5.91 Å². The van der Waals surface area contributed by atoms with Crippen molar-refractivity contribution >= 4 is 11.9 Å². The van der Waals surface area contributed by atoms with E-state index in [9.17, 15) is 4.79 Å². The minimum Gasteiger partial charge on any atom is -0.349 e. The maximum absolute atomic E-state index is 12.5. The van der Waals surface area contributed by atoms with E-state index in [1.165, 1.54) is 0 Å². The van der Waals surface area contributed by atoms with Gasteiger partial charge in [0.15, 0.2) is 0 Å². The molecule has 0 unspecified atom stereocenters. The van der Waals surface area contributed by atoms with E-state index in [1.807, 2.05) is 23.1 Å². The fraction of sp³-hybridized carbons (Fsp3) is 0.375. The van der Waals surface area contributed by atoms with Crippen LogP contribution in [0.5, 0.6) is 0 Å². The zero-order valence-corrected chi connectivity index (χ0v) is 13.1. The Balaban J connectivity index is 1.64. The highest BCUT2D eigenvalue weighted by atomic mass is 16.2. The predicted molar refractivity (Wildman–Crippen MR) is 87.0 cm³/mol. The second kappa shape index (κ2) is 7.15. The summed E-state index contributed by atoms with van der Waals surface area (Å²) in [6, 6.07) is 7.38. The summed E-state index contributed by atoms with van der Waals surface area (Å²) in [5, 5.41) is 3.10. The number of carbonyl (C=O) groups excluding carboxylic acids is 1. The van der Waals surface area contributed by atoms with E-state index in [0.29, 0.717) is 18.2 Å². The van der Waals surface area contributed by atoms with Gasteiger partial charge in [-0.2, -0.15) is 0 Å². The van der Waals surface area contributed by atoms with Crippen LogP contribution in [0.1, 0.15) is 16.2 Å². The Bertz CT molecular complexity index is 655. The molecule has 2 aromatic heterocycles. The van der Waals surface area contributed by atoms with Crippen molar-refractivity contribution in [2.24, 2.45) is 0 Å². The van der Waals surface area contributed by atoms with Crippen molar-refractivity contribution in [1.29, 1.82) is 0 Å².